The number of nitrogens with one attached hydrogen (secondary N) is 1. The Morgan fingerprint density at radius 3 is 2.80 bits per heavy atom. The van der Waals surface area contributed by atoms with Crippen LogP contribution in [-0.2, 0) is 0 Å². The zero-order valence-electron chi connectivity index (χ0n) is 18.7. The van der Waals surface area contributed by atoms with E-state index in [1.54, 1.807) is 11.1 Å². The van der Waals surface area contributed by atoms with Crippen LogP contribution in [0.1, 0.15) is 22.0 Å². The summed E-state index contributed by atoms with van der Waals surface area (Å²) in [5.74, 6) is -0.660. The lowest BCUT2D eigenvalue weighted by Crippen LogP contribution is -2.50. The van der Waals surface area contributed by atoms with Crippen LogP contribution in [0.25, 0.3) is 22.3 Å². The van der Waals surface area contributed by atoms with Crippen LogP contribution in [0.4, 0.5) is 4.39 Å². The number of hydrogen-bond donors (Lipinski definition) is 1. The minimum Gasteiger partial charge on any atom is -0.346 e. The molecule has 5 rings (SSSR count). The predicted molar refractivity (Wildman–Crippen MR) is 128 cm³/mol. The number of alkyl halides is 1. The number of benzene rings is 1. The summed E-state index contributed by atoms with van der Waals surface area (Å²) in [6.07, 6.45) is 7.07. The van der Waals surface area contributed by atoms with Gasteiger partial charge in [-0.25, -0.2) is 14.4 Å². The monoisotopic (exact) mass is 492 g/mol. The molecule has 178 valence electrons. The maximum Gasteiger partial charge on any atom is 0.256 e. The fourth-order valence-electron chi connectivity index (χ4n) is 4.33. The number of nitriles is 1. The molecule has 1 amide bonds. The Kier molecular flexibility index (Phi) is 6.44. The van der Waals surface area contributed by atoms with Crippen LogP contribution in [0, 0.1) is 17.1 Å². The predicted octanol–water partition coefficient (Wildman–Crippen LogP) is 3.07. The van der Waals surface area contributed by atoms with Crippen LogP contribution >= 0.6 is 11.6 Å². The van der Waals surface area contributed by atoms with Crippen molar-refractivity contribution in [2.75, 3.05) is 38.6 Å². The van der Waals surface area contributed by atoms with Crippen molar-refractivity contribution >= 4 is 28.5 Å². The molecule has 0 bridgehead atoms. The highest BCUT2D eigenvalue weighted by molar-refractivity contribution is 6.18. The maximum atomic E-state index is 14.3. The second kappa shape index (κ2) is 9.82. The number of hydrogen-bond acceptors (Lipinski definition) is 6. The van der Waals surface area contributed by atoms with E-state index < -0.39 is 5.82 Å². The van der Waals surface area contributed by atoms with E-state index >= 15 is 0 Å². The lowest BCUT2D eigenvalue weighted by molar-refractivity contribution is 0.0616. The number of piperazine rings is 1. The zero-order valence-corrected chi connectivity index (χ0v) is 19.5. The van der Waals surface area contributed by atoms with Crippen molar-refractivity contribution in [2.24, 2.45) is 0 Å². The van der Waals surface area contributed by atoms with Gasteiger partial charge in [-0.2, -0.15) is 10.4 Å². The molecular formula is C24H22ClFN8O. The van der Waals surface area contributed by atoms with Gasteiger partial charge in [-0.15, -0.1) is 11.6 Å². The average Bonchev–Trinajstić information content (AvgIpc) is 3.57. The number of aromatic amines is 1. The molecule has 4 aromatic rings. The number of nitrogens with zero attached hydrogens (tertiary/aromatic N) is 7. The number of carbonyl (C=O) groups excluding carboxylic acids is 1. The summed E-state index contributed by atoms with van der Waals surface area (Å²) in [5.41, 5.74) is 2.63. The summed E-state index contributed by atoms with van der Waals surface area (Å²) < 4.78 is 16.1. The molecule has 1 aliphatic heterocycles. The SMILES string of the molecule is N#Cc1ccc(C(=O)N2CCN(CC(CCl)n3cc(-c4ncnc5[nH]ccc45)cn3)CC2)c(F)c1. The van der Waals surface area contributed by atoms with Gasteiger partial charge in [0.1, 0.15) is 17.8 Å². The van der Waals surface area contributed by atoms with E-state index in [4.69, 9.17) is 16.9 Å². The molecule has 0 radical (unpaired) electrons. The van der Waals surface area contributed by atoms with Crippen molar-refractivity contribution in [2.45, 2.75) is 6.04 Å². The largest absolute Gasteiger partial charge is 0.346 e. The lowest BCUT2D eigenvalue weighted by atomic mass is 10.1. The first kappa shape index (κ1) is 23.0. The molecule has 1 saturated heterocycles. The molecule has 4 heterocycles. The molecule has 9 nitrogen and oxygen atoms in total. The summed E-state index contributed by atoms with van der Waals surface area (Å²) in [7, 11) is 0. The molecule has 35 heavy (non-hydrogen) atoms. The maximum absolute atomic E-state index is 14.3. The van der Waals surface area contributed by atoms with Crippen molar-refractivity contribution in [1.82, 2.24) is 34.5 Å². The Balaban J connectivity index is 1.22. The van der Waals surface area contributed by atoms with E-state index in [0.717, 1.165) is 28.4 Å². The van der Waals surface area contributed by atoms with Crippen molar-refractivity contribution < 1.29 is 9.18 Å². The van der Waals surface area contributed by atoms with Crippen molar-refractivity contribution in [3.05, 3.63) is 66.1 Å². The molecule has 11 heteroatoms. The van der Waals surface area contributed by atoms with Gasteiger partial charge in [0.2, 0.25) is 0 Å². The highest BCUT2D eigenvalue weighted by Gasteiger charge is 2.26. The third-order valence-corrected chi connectivity index (χ3v) is 6.59. The molecule has 1 fully saturated rings. The molecule has 3 aromatic heterocycles. The third-order valence-electron chi connectivity index (χ3n) is 6.24. The number of carbonyl (C=O) groups is 1. The number of amides is 1. The Labute approximate surface area is 205 Å². The number of rotatable bonds is 6. The molecule has 1 atom stereocenters. The van der Waals surface area contributed by atoms with Crippen LogP contribution in [0.5, 0.6) is 0 Å². The van der Waals surface area contributed by atoms with Gasteiger partial charge in [-0.1, -0.05) is 0 Å². The summed E-state index contributed by atoms with van der Waals surface area (Å²) in [4.78, 5) is 28.4. The minimum atomic E-state index is -0.672. The van der Waals surface area contributed by atoms with E-state index in [0.29, 0.717) is 38.6 Å². The lowest BCUT2D eigenvalue weighted by Gasteiger charge is -2.36. The summed E-state index contributed by atoms with van der Waals surface area (Å²) in [6, 6.07) is 7.67. The van der Waals surface area contributed by atoms with Crippen LogP contribution < -0.4 is 0 Å². The second-order valence-electron chi connectivity index (χ2n) is 8.38. The fourth-order valence-corrected chi connectivity index (χ4v) is 4.56. The van der Waals surface area contributed by atoms with Crippen molar-refractivity contribution in [3.8, 4) is 17.3 Å². The zero-order chi connectivity index (χ0) is 24.4. The first-order chi connectivity index (χ1) is 17.1. The Bertz CT molecular complexity index is 1400. The van der Waals surface area contributed by atoms with Crippen molar-refractivity contribution in [3.63, 3.8) is 0 Å². The first-order valence-corrected chi connectivity index (χ1v) is 11.7. The van der Waals surface area contributed by atoms with E-state index in [9.17, 15) is 9.18 Å². The molecule has 1 aliphatic rings. The van der Waals surface area contributed by atoms with E-state index in [-0.39, 0.29) is 23.1 Å². The first-order valence-electron chi connectivity index (χ1n) is 11.2. The van der Waals surface area contributed by atoms with Crippen LogP contribution in [-0.4, -0.2) is 79.0 Å². The standard InChI is InChI=1S/C24H22ClFN8O/c25-10-18(34-13-17(12-31-34)22-20-3-4-28-23(20)30-15-29-22)14-32-5-7-33(8-6-32)24(35)19-2-1-16(11-27)9-21(19)26/h1-4,9,12-13,15,18H,5-8,10,14H2,(H,28,29,30). The normalized spacial score (nSPS) is 15.3. The molecule has 1 N–H and O–H groups in total. The molecule has 1 unspecified atom stereocenters. The highest BCUT2D eigenvalue weighted by atomic mass is 35.5. The molecule has 0 spiro atoms. The number of aromatic nitrogens is 5. The van der Waals surface area contributed by atoms with E-state index in [2.05, 4.69) is 25.0 Å². The summed E-state index contributed by atoms with van der Waals surface area (Å²) >= 11 is 6.31. The third kappa shape index (κ3) is 4.60. The van der Waals surface area contributed by atoms with E-state index in [1.807, 2.05) is 29.2 Å². The summed E-state index contributed by atoms with van der Waals surface area (Å²) in [5, 5.41) is 14.4. The Morgan fingerprint density at radius 1 is 1.23 bits per heavy atom. The molecule has 1 aromatic carbocycles. The number of halogens is 2. The van der Waals surface area contributed by atoms with Gasteiger partial charge in [0.25, 0.3) is 5.91 Å². The van der Waals surface area contributed by atoms with Crippen LogP contribution in [0.3, 0.4) is 0 Å². The minimum absolute atomic E-state index is 0.0126. The van der Waals surface area contributed by atoms with Gasteiger partial charge >= 0.3 is 0 Å². The fraction of sp³-hybridized carbons (Fsp3) is 0.292. The van der Waals surface area contributed by atoms with Gasteiger partial charge in [0, 0.05) is 61.9 Å². The highest BCUT2D eigenvalue weighted by Crippen LogP contribution is 2.25. The molecule has 0 aliphatic carbocycles. The van der Waals surface area contributed by atoms with Crippen molar-refractivity contribution in [1.29, 1.82) is 5.26 Å². The van der Waals surface area contributed by atoms with Gasteiger partial charge in [-0.3, -0.25) is 14.4 Å². The average molecular weight is 493 g/mol. The molecular weight excluding hydrogens is 471 g/mol. The second-order valence-corrected chi connectivity index (χ2v) is 8.69. The topological polar surface area (TPSA) is 107 Å². The number of H-pyrrole nitrogens is 1. The Hall–Kier alpha value is -3.81. The van der Waals surface area contributed by atoms with Crippen LogP contribution in [0.15, 0.2) is 49.2 Å². The smallest absolute Gasteiger partial charge is 0.256 e. The number of fused-ring (bicyclic) bond motifs is 1. The quantitative estimate of drug-likeness (QED) is 0.414. The van der Waals surface area contributed by atoms with Crippen LogP contribution in [0.2, 0.25) is 0 Å². The van der Waals surface area contributed by atoms with Gasteiger partial charge in [0.15, 0.2) is 0 Å². The van der Waals surface area contributed by atoms with Gasteiger partial charge in [0.05, 0.1) is 35.1 Å². The van der Waals surface area contributed by atoms with Gasteiger partial charge in [-0.05, 0) is 24.3 Å². The summed E-state index contributed by atoms with van der Waals surface area (Å²) in [6.45, 7) is 2.90. The Morgan fingerprint density at radius 2 is 2.06 bits per heavy atom. The van der Waals surface area contributed by atoms with Gasteiger partial charge < -0.3 is 9.88 Å². The van der Waals surface area contributed by atoms with E-state index in [1.165, 1.54) is 18.5 Å². The molecule has 0 saturated carbocycles.